The lowest BCUT2D eigenvalue weighted by Gasteiger charge is -2.37. The van der Waals surface area contributed by atoms with Crippen molar-refractivity contribution in [2.45, 2.75) is 68.4 Å². The maximum absolute atomic E-state index is 14.7. The molecule has 12 nitrogen and oxygen atoms in total. The first-order valence-electron chi connectivity index (χ1n) is 17.5. The van der Waals surface area contributed by atoms with Crippen molar-refractivity contribution in [1.29, 1.82) is 0 Å². The number of anilines is 1. The van der Waals surface area contributed by atoms with Gasteiger partial charge in [0.15, 0.2) is 0 Å². The maximum Gasteiger partial charge on any atom is 0.313 e. The number of aliphatic hydroxyl groups is 1. The standard InChI is InChI=1S/C39H49N3O9/c1-5-7-15-31(44)40-29(25-48-3)34(26-13-9-8-10-14-26)50-38(47)32-30-20-21-39(51-30)33(32)36(45)42(23-11-12-24-43)35(39)37(46)41(22-6-2)27-16-18-28(49-4)19-17-27/h5-6,8-10,13-14,16-19,29-30,32-35,43H,1-2,7,11-12,15,20-25H2,3-4H3,(H,40,44)/t29-,30+,32-,33-,34-,35+,39-/m0/s1. The van der Waals surface area contributed by atoms with Crippen molar-refractivity contribution in [3.05, 3.63) is 85.5 Å². The molecule has 7 atom stereocenters. The molecule has 2 bridgehead atoms. The normalized spacial score (nSPS) is 24.4. The molecule has 3 amide bonds. The predicted molar refractivity (Wildman–Crippen MR) is 190 cm³/mol. The summed E-state index contributed by atoms with van der Waals surface area (Å²) in [4.78, 5) is 59.6. The van der Waals surface area contributed by atoms with Crippen LogP contribution in [0.5, 0.6) is 5.75 Å². The van der Waals surface area contributed by atoms with Gasteiger partial charge >= 0.3 is 5.97 Å². The minimum atomic E-state index is -1.26. The lowest BCUT2D eigenvalue weighted by Crippen LogP contribution is -2.56. The van der Waals surface area contributed by atoms with Gasteiger partial charge in [-0.3, -0.25) is 19.2 Å². The number of aliphatic hydroxyl groups excluding tert-OH is 1. The van der Waals surface area contributed by atoms with Gasteiger partial charge in [0.2, 0.25) is 11.8 Å². The molecule has 274 valence electrons. The molecule has 3 aliphatic heterocycles. The largest absolute Gasteiger partial charge is 0.497 e. The monoisotopic (exact) mass is 703 g/mol. The Morgan fingerprint density at radius 1 is 1.10 bits per heavy atom. The Morgan fingerprint density at radius 2 is 1.84 bits per heavy atom. The highest BCUT2D eigenvalue weighted by atomic mass is 16.6. The molecule has 3 fully saturated rings. The molecule has 2 aromatic carbocycles. The highest BCUT2D eigenvalue weighted by Crippen LogP contribution is 2.59. The lowest BCUT2D eigenvalue weighted by molar-refractivity contribution is -0.163. The molecule has 0 radical (unpaired) electrons. The summed E-state index contributed by atoms with van der Waals surface area (Å²) in [5, 5.41) is 12.5. The average Bonchev–Trinajstić information content (AvgIpc) is 3.79. The number of unbranched alkanes of at least 4 members (excludes halogenated alkanes) is 1. The fraction of sp³-hybridized carbons (Fsp3) is 0.487. The zero-order chi connectivity index (χ0) is 36.5. The maximum atomic E-state index is 14.7. The van der Waals surface area contributed by atoms with Gasteiger partial charge in [-0.25, -0.2) is 0 Å². The van der Waals surface area contributed by atoms with Crippen LogP contribution in [0.15, 0.2) is 79.9 Å². The molecule has 3 saturated heterocycles. The van der Waals surface area contributed by atoms with Gasteiger partial charge in [0.25, 0.3) is 5.91 Å². The first kappa shape index (κ1) is 37.7. The summed E-state index contributed by atoms with van der Waals surface area (Å²) in [5.74, 6) is -2.91. The molecule has 12 heteroatoms. The van der Waals surface area contributed by atoms with Crippen molar-refractivity contribution in [2.75, 3.05) is 45.4 Å². The van der Waals surface area contributed by atoms with E-state index in [0.29, 0.717) is 49.1 Å². The molecule has 0 aliphatic carbocycles. The molecule has 0 aromatic heterocycles. The van der Waals surface area contributed by atoms with E-state index in [-0.39, 0.29) is 50.4 Å². The molecule has 3 aliphatic rings. The van der Waals surface area contributed by atoms with Gasteiger partial charge < -0.3 is 39.2 Å². The molecule has 0 saturated carbocycles. The van der Waals surface area contributed by atoms with E-state index >= 15 is 0 Å². The third kappa shape index (κ3) is 7.73. The first-order chi connectivity index (χ1) is 24.7. The van der Waals surface area contributed by atoms with E-state index < -0.39 is 47.7 Å². The Morgan fingerprint density at radius 3 is 2.49 bits per heavy atom. The van der Waals surface area contributed by atoms with Crippen molar-refractivity contribution < 1.29 is 43.2 Å². The molecule has 5 rings (SSSR count). The Bertz CT molecular complexity index is 1550. The second-order valence-electron chi connectivity index (χ2n) is 13.2. The van der Waals surface area contributed by atoms with E-state index in [9.17, 15) is 24.3 Å². The van der Waals surface area contributed by atoms with E-state index in [1.165, 1.54) is 12.0 Å². The number of nitrogens with one attached hydrogen (secondary N) is 1. The van der Waals surface area contributed by atoms with Gasteiger partial charge in [0, 0.05) is 38.9 Å². The minimum absolute atomic E-state index is 0.0588. The van der Waals surface area contributed by atoms with Gasteiger partial charge in [-0.1, -0.05) is 42.5 Å². The molecular formula is C39H49N3O9. The third-order valence-electron chi connectivity index (χ3n) is 10.1. The van der Waals surface area contributed by atoms with Crippen LogP contribution in [0.4, 0.5) is 5.69 Å². The van der Waals surface area contributed by atoms with Crippen LogP contribution in [-0.2, 0) is 33.4 Å². The lowest BCUT2D eigenvalue weighted by atomic mass is 9.70. The van der Waals surface area contributed by atoms with Crippen LogP contribution >= 0.6 is 0 Å². The summed E-state index contributed by atoms with van der Waals surface area (Å²) < 4.78 is 23.7. The molecule has 2 N–H and O–H groups in total. The molecule has 3 heterocycles. The van der Waals surface area contributed by atoms with Gasteiger partial charge in [-0.2, -0.15) is 0 Å². The Balaban J connectivity index is 1.48. The van der Waals surface area contributed by atoms with Crippen molar-refractivity contribution in [1.82, 2.24) is 10.2 Å². The number of carbonyl (C=O) groups is 4. The highest BCUT2D eigenvalue weighted by molar-refractivity contribution is 6.04. The number of ether oxygens (including phenoxy) is 4. The summed E-state index contributed by atoms with van der Waals surface area (Å²) in [6.45, 7) is 7.92. The van der Waals surface area contributed by atoms with Crippen LogP contribution in [0.1, 0.15) is 50.2 Å². The smallest absolute Gasteiger partial charge is 0.313 e. The van der Waals surface area contributed by atoms with Crippen LogP contribution in [0, 0.1) is 11.8 Å². The summed E-state index contributed by atoms with van der Waals surface area (Å²) in [6, 6.07) is 14.4. The summed E-state index contributed by atoms with van der Waals surface area (Å²) in [6.07, 6.45) is 4.13. The zero-order valence-electron chi connectivity index (χ0n) is 29.4. The number of rotatable bonds is 19. The van der Waals surface area contributed by atoms with Crippen molar-refractivity contribution in [2.24, 2.45) is 11.8 Å². The van der Waals surface area contributed by atoms with Crippen LogP contribution < -0.4 is 15.0 Å². The highest BCUT2D eigenvalue weighted by Gasteiger charge is 2.75. The predicted octanol–water partition coefficient (Wildman–Crippen LogP) is 3.74. The number of carbonyl (C=O) groups excluding carboxylic acids is 4. The molecule has 0 unspecified atom stereocenters. The fourth-order valence-electron chi connectivity index (χ4n) is 7.82. The van der Waals surface area contributed by atoms with Crippen LogP contribution in [-0.4, -0.2) is 98.0 Å². The summed E-state index contributed by atoms with van der Waals surface area (Å²) >= 11 is 0. The number of likely N-dealkylation sites (tertiary alicyclic amines) is 1. The zero-order valence-corrected chi connectivity index (χ0v) is 29.4. The molecular weight excluding hydrogens is 654 g/mol. The number of hydrogen-bond donors (Lipinski definition) is 2. The number of allylic oxidation sites excluding steroid dienone is 1. The van der Waals surface area contributed by atoms with E-state index in [1.807, 2.05) is 18.2 Å². The molecule has 51 heavy (non-hydrogen) atoms. The van der Waals surface area contributed by atoms with Crippen molar-refractivity contribution in [3.8, 4) is 5.75 Å². The number of nitrogens with zero attached hydrogens (tertiary/aromatic N) is 2. The number of fused-ring (bicyclic) bond motifs is 1. The van der Waals surface area contributed by atoms with Gasteiger partial charge in [0.1, 0.15) is 23.5 Å². The molecule has 1 spiro atoms. The summed E-state index contributed by atoms with van der Waals surface area (Å²) in [5.41, 5.74) is -0.0238. The number of methoxy groups -OCH3 is 2. The van der Waals surface area contributed by atoms with Gasteiger partial charge in [-0.15, -0.1) is 13.2 Å². The number of esters is 1. The van der Waals surface area contributed by atoms with E-state index in [2.05, 4.69) is 18.5 Å². The quantitative estimate of drug-likeness (QED) is 0.127. The van der Waals surface area contributed by atoms with Crippen LogP contribution in [0.25, 0.3) is 0 Å². The molecule has 2 aromatic rings. The number of hydrogen-bond acceptors (Lipinski definition) is 9. The Hall–Kier alpha value is -4.52. The number of benzene rings is 2. The summed E-state index contributed by atoms with van der Waals surface area (Å²) in [7, 11) is 3.06. The Kier molecular flexibility index (Phi) is 12.7. The van der Waals surface area contributed by atoms with Crippen molar-refractivity contribution in [3.63, 3.8) is 0 Å². The average molecular weight is 704 g/mol. The van der Waals surface area contributed by atoms with Gasteiger partial charge in [0.05, 0.1) is 37.7 Å². The van der Waals surface area contributed by atoms with E-state index in [4.69, 9.17) is 18.9 Å². The van der Waals surface area contributed by atoms with Gasteiger partial charge in [-0.05, 0) is 61.9 Å². The topological polar surface area (TPSA) is 144 Å². The number of amides is 3. The fourth-order valence-corrected chi connectivity index (χ4v) is 7.82. The second-order valence-corrected chi connectivity index (χ2v) is 13.2. The Labute approximate surface area is 299 Å². The van der Waals surface area contributed by atoms with Crippen molar-refractivity contribution >= 4 is 29.4 Å². The van der Waals surface area contributed by atoms with Crippen LogP contribution in [0.2, 0.25) is 0 Å². The van der Waals surface area contributed by atoms with E-state index in [1.54, 1.807) is 60.6 Å². The SMILES string of the molecule is C=CCCC(=O)N[C@@H](COC)[C@@H](OC(=O)[C@@H]1[C@H]2C(=O)N(CCCCO)[C@H](C(=O)N(CC=C)c3ccc(OC)cc3)[C@]23CC[C@H]1O3)c1ccccc1. The first-order valence-corrected chi connectivity index (χ1v) is 17.5. The van der Waals surface area contributed by atoms with Crippen LogP contribution in [0.3, 0.4) is 0 Å². The third-order valence-corrected chi connectivity index (χ3v) is 10.1. The second kappa shape index (κ2) is 17.1. The minimum Gasteiger partial charge on any atom is -0.497 e. The van der Waals surface area contributed by atoms with E-state index in [0.717, 1.165) is 0 Å².